The summed E-state index contributed by atoms with van der Waals surface area (Å²) in [6, 6.07) is 16.5. The van der Waals surface area contributed by atoms with E-state index in [0.717, 1.165) is 18.2 Å². The topological polar surface area (TPSA) is 67.4 Å². The molecule has 154 valence electrons. The van der Waals surface area contributed by atoms with Crippen LogP contribution in [0.3, 0.4) is 0 Å². The van der Waals surface area contributed by atoms with E-state index in [0.29, 0.717) is 22.7 Å². The van der Waals surface area contributed by atoms with Gasteiger partial charge in [0.1, 0.15) is 17.4 Å². The first-order valence-electron chi connectivity index (χ1n) is 9.24. The van der Waals surface area contributed by atoms with Gasteiger partial charge in [-0.2, -0.15) is 0 Å². The molecule has 7 heteroatoms. The van der Waals surface area contributed by atoms with Crippen molar-refractivity contribution in [1.29, 1.82) is 0 Å². The Morgan fingerprint density at radius 3 is 2.17 bits per heavy atom. The average molecular weight is 410 g/mol. The highest BCUT2D eigenvalue weighted by Crippen LogP contribution is 2.17. The van der Waals surface area contributed by atoms with Crippen LogP contribution in [0.15, 0.2) is 66.7 Å². The Bertz CT molecular complexity index is 1040. The molecule has 3 rings (SSSR count). The number of carbonyl (C=O) groups excluding carboxylic acids is 2. The van der Waals surface area contributed by atoms with Gasteiger partial charge in [0.25, 0.3) is 5.91 Å². The lowest BCUT2D eigenvalue weighted by molar-refractivity contribution is -0.116. The molecule has 3 aromatic rings. The van der Waals surface area contributed by atoms with E-state index in [1.165, 1.54) is 0 Å². The number of nitrogens with one attached hydrogen (secondary N) is 2. The van der Waals surface area contributed by atoms with Crippen molar-refractivity contribution in [1.82, 2.24) is 0 Å². The number of anilines is 2. The fraction of sp³-hybridized carbons (Fsp3) is 0.130. The lowest BCUT2D eigenvalue weighted by Crippen LogP contribution is -2.14. The summed E-state index contributed by atoms with van der Waals surface area (Å²) in [6.07, 6.45) is 0.0812. The summed E-state index contributed by atoms with van der Waals surface area (Å²) in [5.74, 6) is -1.03. The molecule has 2 N–H and O–H groups in total. The third-order valence-electron chi connectivity index (χ3n) is 4.41. The average Bonchev–Trinajstić information content (AvgIpc) is 2.75. The van der Waals surface area contributed by atoms with Crippen LogP contribution in [0.1, 0.15) is 22.3 Å². The van der Waals surface area contributed by atoms with Gasteiger partial charge in [0.05, 0.1) is 7.11 Å². The van der Waals surface area contributed by atoms with E-state index in [-0.39, 0.29) is 30.2 Å². The van der Waals surface area contributed by atoms with Crippen LogP contribution in [-0.2, 0) is 11.2 Å². The van der Waals surface area contributed by atoms with E-state index in [1.54, 1.807) is 55.6 Å². The first kappa shape index (κ1) is 21.0. The number of carbonyl (C=O) groups is 2. The Kier molecular flexibility index (Phi) is 6.75. The fourth-order valence-electron chi connectivity index (χ4n) is 2.79. The summed E-state index contributed by atoms with van der Waals surface area (Å²) in [5, 5.41) is 5.44. The largest absolute Gasteiger partial charge is 0.497 e. The number of amides is 2. The first-order chi connectivity index (χ1) is 14.4. The van der Waals surface area contributed by atoms with Crippen molar-refractivity contribution in [3.05, 3.63) is 89.5 Å². The van der Waals surface area contributed by atoms with E-state index in [4.69, 9.17) is 4.74 Å². The highest BCUT2D eigenvalue weighted by Gasteiger charge is 2.10. The Hall–Kier alpha value is -3.74. The molecule has 0 heterocycles. The van der Waals surface area contributed by atoms with Crippen molar-refractivity contribution in [3.63, 3.8) is 0 Å². The van der Waals surface area contributed by atoms with E-state index in [9.17, 15) is 18.4 Å². The van der Waals surface area contributed by atoms with Crippen LogP contribution in [0, 0.1) is 11.6 Å². The molecule has 0 fully saturated rings. The summed E-state index contributed by atoms with van der Waals surface area (Å²) >= 11 is 0. The van der Waals surface area contributed by atoms with Gasteiger partial charge in [0.2, 0.25) is 5.91 Å². The predicted octanol–water partition coefficient (Wildman–Crippen LogP) is 4.80. The lowest BCUT2D eigenvalue weighted by atomic mass is 10.1. The number of rotatable bonds is 7. The molecular formula is C23H20F2N2O3. The quantitative estimate of drug-likeness (QED) is 0.588. The van der Waals surface area contributed by atoms with E-state index in [1.807, 2.05) is 0 Å². The molecule has 3 aromatic carbocycles. The molecule has 2 amide bonds. The van der Waals surface area contributed by atoms with Crippen molar-refractivity contribution in [2.75, 3.05) is 17.7 Å². The first-order valence-corrected chi connectivity index (χ1v) is 9.24. The number of methoxy groups -OCH3 is 1. The molecular weight excluding hydrogens is 390 g/mol. The second kappa shape index (κ2) is 9.65. The van der Waals surface area contributed by atoms with Crippen molar-refractivity contribution in [2.24, 2.45) is 0 Å². The van der Waals surface area contributed by atoms with Crippen LogP contribution < -0.4 is 15.4 Å². The normalized spacial score (nSPS) is 10.4. The second-order valence-electron chi connectivity index (χ2n) is 6.54. The highest BCUT2D eigenvalue weighted by molar-refractivity contribution is 6.04. The number of halogens is 2. The van der Waals surface area contributed by atoms with E-state index in [2.05, 4.69) is 10.6 Å². The predicted molar refractivity (Wildman–Crippen MR) is 111 cm³/mol. The van der Waals surface area contributed by atoms with Gasteiger partial charge in [-0.25, -0.2) is 8.78 Å². The third kappa shape index (κ3) is 5.64. The SMILES string of the molecule is COc1ccc(NC(=O)c2ccc(NC(=O)CCc3cc(F)ccc3F)cc2)cc1. The number of aryl methyl sites for hydroxylation is 1. The van der Waals surface area contributed by atoms with Crippen molar-refractivity contribution in [3.8, 4) is 5.75 Å². The van der Waals surface area contributed by atoms with Crippen molar-refractivity contribution >= 4 is 23.2 Å². The molecule has 0 aromatic heterocycles. The van der Waals surface area contributed by atoms with Crippen molar-refractivity contribution < 1.29 is 23.1 Å². The summed E-state index contributed by atoms with van der Waals surface area (Å²) in [6.45, 7) is 0. The molecule has 0 saturated carbocycles. The zero-order chi connectivity index (χ0) is 21.5. The van der Waals surface area contributed by atoms with Crippen molar-refractivity contribution in [2.45, 2.75) is 12.8 Å². The van der Waals surface area contributed by atoms with Gasteiger partial charge >= 0.3 is 0 Å². The number of ether oxygens (including phenoxy) is 1. The summed E-state index contributed by atoms with van der Waals surface area (Å²) < 4.78 is 31.9. The number of hydrogen-bond acceptors (Lipinski definition) is 3. The number of hydrogen-bond donors (Lipinski definition) is 2. The van der Waals surface area contributed by atoms with Crippen LogP contribution >= 0.6 is 0 Å². The van der Waals surface area contributed by atoms with Gasteiger partial charge in [0, 0.05) is 23.4 Å². The van der Waals surface area contributed by atoms with E-state index >= 15 is 0 Å². The Labute approximate surface area is 172 Å². The third-order valence-corrected chi connectivity index (χ3v) is 4.41. The maximum absolute atomic E-state index is 13.6. The van der Waals surface area contributed by atoms with Gasteiger partial charge in [-0.05, 0) is 78.7 Å². The Morgan fingerprint density at radius 2 is 1.50 bits per heavy atom. The molecule has 0 saturated heterocycles. The Balaban J connectivity index is 1.53. The zero-order valence-corrected chi connectivity index (χ0v) is 16.2. The maximum atomic E-state index is 13.6. The van der Waals surface area contributed by atoms with Gasteiger partial charge in [0.15, 0.2) is 0 Å². The van der Waals surface area contributed by atoms with Crippen LogP contribution in [0.4, 0.5) is 20.2 Å². The molecule has 5 nitrogen and oxygen atoms in total. The summed E-state index contributed by atoms with van der Waals surface area (Å²) in [5.41, 5.74) is 1.70. The molecule has 30 heavy (non-hydrogen) atoms. The van der Waals surface area contributed by atoms with Crippen LogP contribution in [0.25, 0.3) is 0 Å². The lowest BCUT2D eigenvalue weighted by Gasteiger charge is -2.09. The van der Waals surface area contributed by atoms with Crippen LogP contribution in [0.5, 0.6) is 5.75 Å². The zero-order valence-electron chi connectivity index (χ0n) is 16.2. The van der Waals surface area contributed by atoms with Gasteiger partial charge < -0.3 is 15.4 Å². The summed E-state index contributed by atoms with van der Waals surface area (Å²) in [7, 11) is 1.56. The van der Waals surface area contributed by atoms with E-state index < -0.39 is 11.6 Å². The standard InChI is InChI=1S/C23H20F2N2O3/c1-30-20-10-8-19(9-11-20)27-23(29)15-2-6-18(7-3-15)26-22(28)13-4-16-14-17(24)5-12-21(16)25/h2-3,5-12,14H,4,13H2,1H3,(H,26,28)(H,27,29). The molecule has 0 atom stereocenters. The molecule has 0 aliphatic carbocycles. The van der Waals surface area contributed by atoms with Crippen LogP contribution in [0.2, 0.25) is 0 Å². The van der Waals surface area contributed by atoms with Crippen LogP contribution in [-0.4, -0.2) is 18.9 Å². The second-order valence-corrected chi connectivity index (χ2v) is 6.54. The van der Waals surface area contributed by atoms with Gasteiger partial charge in [-0.3, -0.25) is 9.59 Å². The summed E-state index contributed by atoms with van der Waals surface area (Å²) in [4.78, 5) is 24.4. The smallest absolute Gasteiger partial charge is 0.255 e. The maximum Gasteiger partial charge on any atom is 0.255 e. The van der Waals surface area contributed by atoms with Gasteiger partial charge in [-0.1, -0.05) is 0 Å². The van der Waals surface area contributed by atoms with Gasteiger partial charge in [-0.15, -0.1) is 0 Å². The minimum Gasteiger partial charge on any atom is -0.497 e. The molecule has 0 radical (unpaired) electrons. The highest BCUT2D eigenvalue weighted by atomic mass is 19.1. The molecule has 0 spiro atoms. The molecule has 0 bridgehead atoms. The molecule has 0 aliphatic heterocycles. The number of benzene rings is 3. The minimum atomic E-state index is -0.546. The minimum absolute atomic E-state index is 0.0000799. The molecule has 0 unspecified atom stereocenters. The monoisotopic (exact) mass is 410 g/mol. The molecule has 0 aliphatic rings. The fourth-order valence-corrected chi connectivity index (χ4v) is 2.79. The Morgan fingerprint density at radius 1 is 0.867 bits per heavy atom.